The number of ether oxygens (including phenoxy) is 3. The van der Waals surface area contributed by atoms with E-state index >= 15 is 0 Å². The van der Waals surface area contributed by atoms with E-state index in [1.165, 1.54) is 0 Å². The molecule has 0 aliphatic heterocycles. The average Bonchev–Trinajstić information content (AvgIpc) is 2.77. The zero-order chi connectivity index (χ0) is 22.4. The van der Waals surface area contributed by atoms with Crippen LogP contribution in [0.1, 0.15) is 16.7 Å². The lowest BCUT2D eigenvalue weighted by Crippen LogP contribution is -2.05. The maximum atomic E-state index is 6.14. The van der Waals surface area contributed by atoms with Crippen molar-refractivity contribution in [2.75, 3.05) is 21.3 Å². The van der Waals surface area contributed by atoms with Gasteiger partial charge in [0.05, 0.1) is 21.3 Å². The summed E-state index contributed by atoms with van der Waals surface area (Å²) >= 11 is 0. The maximum Gasteiger partial charge on any atom is 0.530 e. The minimum absolute atomic E-state index is 0.511. The third-order valence-electron chi connectivity index (χ3n) is 4.48. The highest BCUT2D eigenvalue weighted by atomic mass is 31.2. The number of benzene rings is 3. The largest absolute Gasteiger partial charge is 0.530 e. The van der Waals surface area contributed by atoms with Gasteiger partial charge in [-0.25, -0.2) is 0 Å². The van der Waals surface area contributed by atoms with Crippen molar-refractivity contribution < 1.29 is 27.8 Å². The predicted molar refractivity (Wildman–Crippen MR) is 122 cm³/mol. The van der Waals surface area contributed by atoms with E-state index < -0.39 is 8.60 Å². The van der Waals surface area contributed by atoms with E-state index in [2.05, 4.69) is 0 Å². The molecule has 3 aromatic rings. The summed E-state index contributed by atoms with van der Waals surface area (Å²) in [6.07, 6.45) is 0. The van der Waals surface area contributed by atoms with Crippen LogP contribution in [0, 0.1) is 20.8 Å². The molecule has 0 saturated heterocycles. The topological polar surface area (TPSA) is 55.4 Å². The van der Waals surface area contributed by atoms with E-state index in [9.17, 15) is 0 Å². The predicted octanol–water partition coefficient (Wildman–Crippen LogP) is 6.40. The Balaban J connectivity index is 1.96. The van der Waals surface area contributed by atoms with E-state index in [4.69, 9.17) is 27.8 Å². The normalized spacial score (nSPS) is 10.5. The number of hydrogen-bond acceptors (Lipinski definition) is 6. The lowest BCUT2D eigenvalue weighted by Gasteiger charge is -2.21. The quantitative estimate of drug-likeness (QED) is 0.357. The average molecular weight is 442 g/mol. The molecule has 0 bridgehead atoms. The second kappa shape index (κ2) is 10.3. The second-order valence-electron chi connectivity index (χ2n) is 6.96. The number of methoxy groups -OCH3 is 3. The van der Waals surface area contributed by atoms with Crippen LogP contribution in [0.4, 0.5) is 0 Å². The molecule has 0 unspecified atom stereocenters. The molecule has 0 heterocycles. The molecule has 6 nitrogen and oxygen atoms in total. The van der Waals surface area contributed by atoms with Crippen molar-refractivity contribution in [3.63, 3.8) is 0 Å². The van der Waals surface area contributed by atoms with Crippen LogP contribution in [0.15, 0.2) is 54.6 Å². The van der Waals surface area contributed by atoms with Crippen LogP contribution in [-0.2, 0) is 0 Å². The molecule has 0 aliphatic rings. The van der Waals surface area contributed by atoms with Gasteiger partial charge in [-0.2, -0.15) is 0 Å². The van der Waals surface area contributed by atoms with Gasteiger partial charge in [0.2, 0.25) is 0 Å². The first kappa shape index (κ1) is 22.6. The first-order valence-electron chi connectivity index (χ1n) is 9.71. The first-order valence-corrected chi connectivity index (χ1v) is 10.8. The molecule has 0 aliphatic carbocycles. The zero-order valence-corrected chi connectivity index (χ0v) is 19.5. The molecule has 0 amide bonds. The van der Waals surface area contributed by atoms with E-state index in [0.29, 0.717) is 34.5 Å². The Kier molecular flexibility index (Phi) is 7.48. The standard InChI is InChI=1S/C24H27O6P/c1-16-7-10-19(22(13-16)25-4)28-31(29-20-11-8-17(2)14-23(20)26-5)30-21-12-9-18(3)15-24(21)27-6/h7-15H,1-6H3. The Morgan fingerprint density at radius 3 is 1.00 bits per heavy atom. The molecule has 0 radical (unpaired) electrons. The third-order valence-corrected chi connectivity index (χ3v) is 5.51. The highest BCUT2D eigenvalue weighted by Gasteiger charge is 2.25. The third kappa shape index (κ3) is 5.74. The molecule has 3 rings (SSSR count). The number of hydrogen-bond donors (Lipinski definition) is 0. The van der Waals surface area contributed by atoms with Crippen molar-refractivity contribution in [3.8, 4) is 34.5 Å². The van der Waals surface area contributed by atoms with E-state index in [1.54, 1.807) is 21.3 Å². The Labute approximate surface area is 184 Å². The molecule has 31 heavy (non-hydrogen) atoms. The lowest BCUT2D eigenvalue weighted by molar-refractivity contribution is 0.337. The van der Waals surface area contributed by atoms with Crippen molar-refractivity contribution in [3.05, 3.63) is 71.3 Å². The van der Waals surface area contributed by atoms with Gasteiger partial charge in [-0.3, -0.25) is 0 Å². The van der Waals surface area contributed by atoms with E-state index in [1.807, 2.05) is 75.4 Å². The molecule has 164 valence electrons. The summed E-state index contributed by atoms with van der Waals surface area (Å²) in [5.74, 6) is 3.30. The van der Waals surface area contributed by atoms with Crippen LogP contribution in [0.2, 0.25) is 0 Å². The molecule has 3 aromatic carbocycles. The molecule has 7 heteroatoms. The molecule has 0 N–H and O–H groups in total. The minimum Gasteiger partial charge on any atom is -0.493 e. The molecule has 0 aromatic heterocycles. The van der Waals surface area contributed by atoms with Crippen molar-refractivity contribution >= 4 is 8.60 Å². The number of rotatable bonds is 9. The molecule has 0 atom stereocenters. The van der Waals surface area contributed by atoms with Crippen molar-refractivity contribution in [2.24, 2.45) is 0 Å². The molecular weight excluding hydrogens is 415 g/mol. The van der Waals surface area contributed by atoms with E-state index in [-0.39, 0.29) is 0 Å². The van der Waals surface area contributed by atoms with Crippen LogP contribution < -0.4 is 27.8 Å². The summed E-state index contributed by atoms with van der Waals surface area (Å²) in [7, 11) is 2.86. The smallest absolute Gasteiger partial charge is 0.493 e. The van der Waals surface area contributed by atoms with Gasteiger partial charge in [0, 0.05) is 0 Å². The lowest BCUT2D eigenvalue weighted by atomic mass is 10.2. The van der Waals surface area contributed by atoms with Crippen molar-refractivity contribution in [1.29, 1.82) is 0 Å². The van der Waals surface area contributed by atoms with Crippen LogP contribution in [0.25, 0.3) is 0 Å². The van der Waals surface area contributed by atoms with Gasteiger partial charge in [-0.05, 0) is 73.9 Å². The molecule has 0 saturated carbocycles. The summed E-state index contributed by atoms with van der Waals surface area (Å²) in [6.45, 7) is 5.95. The summed E-state index contributed by atoms with van der Waals surface area (Å²) in [5.41, 5.74) is 3.15. The highest BCUT2D eigenvalue weighted by Crippen LogP contribution is 2.48. The summed E-state index contributed by atoms with van der Waals surface area (Å²) in [4.78, 5) is 0. The minimum atomic E-state index is -1.92. The summed E-state index contributed by atoms with van der Waals surface area (Å²) in [6, 6.07) is 17.0. The van der Waals surface area contributed by atoms with Gasteiger partial charge in [0.25, 0.3) is 0 Å². The zero-order valence-electron chi connectivity index (χ0n) is 18.6. The monoisotopic (exact) mass is 442 g/mol. The van der Waals surface area contributed by atoms with Gasteiger partial charge < -0.3 is 27.8 Å². The summed E-state index contributed by atoms with van der Waals surface area (Å²) < 4.78 is 34.9. The first-order chi connectivity index (χ1) is 14.9. The van der Waals surface area contributed by atoms with Crippen LogP contribution >= 0.6 is 8.60 Å². The second-order valence-corrected chi connectivity index (χ2v) is 7.96. The van der Waals surface area contributed by atoms with Gasteiger partial charge in [-0.15, -0.1) is 0 Å². The Bertz CT molecular complexity index is 905. The fourth-order valence-electron chi connectivity index (χ4n) is 2.85. The van der Waals surface area contributed by atoms with Crippen LogP contribution in [0.3, 0.4) is 0 Å². The van der Waals surface area contributed by atoms with Crippen LogP contribution in [-0.4, -0.2) is 21.3 Å². The summed E-state index contributed by atoms with van der Waals surface area (Å²) in [5, 5.41) is 0. The van der Waals surface area contributed by atoms with Crippen LogP contribution in [0.5, 0.6) is 34.5 Å². The molecular formula is C24H27O6P. The van der Waals surface area contributed by atoms with Crippen molar-refractivity contribution in [2.45, 2.75) is 20.8 Å². The molecule has 0 spiro atoms. The fourth-order valence-corrected chi connectivity index (χ4v) is 3.89. The Hall–Kier alpha value is -3.11. The van der Waals surface area contributed by atoms with Gasteiger partial charge in [-0.1, -0.05) is 18.2 Å². The van der Waals surface area contributed by atoms with Gasteiger partial charge >= 0.3 is 8.60 Å². The van der Waals surface area contributed by atoms with E-state index in [0.717, 1.165) is 16.7 Å². The van der Waals surface area contributed by atoms with Gasteiger partial charge in [0.15, 0.2) is 34.5 Å². The fraction of sp³-hybridized carbons (Fsp3) is 0.250. The van der Waals surface area contributed by atoms with Gasteiger partial charge in [0.1, 0.15) is 0 Å². The number of aryl methyl sites for hydroxylation is 3. The highest BCUT2D eigenvalue weighted by molar-refractivity contribution is 7.43. The maximum absolute atomic E-state index is 6.14. The van der Waals surface area contributed by atoms with Crippen molar-refractivity contribution in [1.82, 2.24) is 0 Å². The Morgan fingerprint density at radius 1 is 0.452 bits per heavy atom. The Morgan fingerprint density at radius 2 is 0.742 bits per heavy atom. The SMILES string of the molecule is COc1cc(C)ccc1OP(Oc1ccc(C)cc1OC)Oc1ccc(C)cc1OC. The molecule has 0 fully saturated rings.